The number of primary amides is 1. The number of nitrogens with zero attached hydrogens (tertiary/aromatic N) is 1. The molecule has 0 spiro atoms. The first-order valence-electron chi connectivity index (χ1n) is 6.44. The van der Waals surface area contributed by atoms with Crippen LogP contribution in [0.2, 0.25) is 0 Å². The lowest BCUT2D eigenvalue weighted by Gasteiger charge is -2.17. The summed E-state index contributed by atoms with van der Waals surface area (Å²) >= 11 is 1.38. The van der Waals surface area contributed by atoms with Crippen LogP contribution in [0.1, 0.15) is 18.7 Å². The van der Waals surface area contributed by atoms with Crippen molar-refractivity contribution in [2.45, 2.75) is 17.9 Å². The number of anilines is 1. The minimum absolute atomic E-state index is 0.0825. The maximum absolute atomic E-state index is 12.9. The van der Waals surface area contributed by atoms with Crippen molar-refractivity contribution in [1.82, 2.24) is 4.98 Å². The Kier molecular flexibility index (Phi) is 5.16. The highest BCUT2D eigenvalue weighted by atomic mass is 32.2. The summed E-state index contributed by atoms with van der Waals surface area (Å²) in [5.74, 6) is -0.492. The zero-order chi connectivity index (χ0) is 15.2. The largest absolute Gasteiger partial charge is 0.376 e. The van der Waals surface area contributed by atoms with Gasteiger partial charge in [0.1, 0.15) is 5.82 Å². The molecule has 110 valence electrons. The quantitative estimate of drug-likeness (QED) is 0.805. The van der Waals surface area contributed by atoms with Gasteiger partial charge >= 0.3 is 0 Å². The molecule has 6 heteroatoms. The Morgan fingerprint density at radius 3 is 2.81 bits per heavy atom. The lowest BCUT2D eigenvalue weighted by molar-refractivity contribution is -0.115. The topological polar surface area (TPSA) is 68.0 Å². The molecule has 0 bridgehead atoms. The lowest BCUT2D eigenvalue weighted by Crippen LogP contribution is -2.13. The fourth-order valence-corrected chi connectivity index (χ4v) is 2.57. The summed E-state index contributed by atoms with van der Waals surface area (Å²) in [6.07, 6.45) is 1.20. The molecule has 0 aliphatic rings. The molecule has 2 aromatic rings. The molecule has 1 amide bonds. The van der Waals surface area contributed by atoms with E-state index in [0.717, 1.165) is 16.3 Å². The van der Waals surface area contributed by atoms with E-state index in [9.17, 15) is 9.18 Å². The van der Waals surface area contributed by atoms with Crippen LogP contribution >= 0.6 is 11.8 Å². The number of hydrogen-bond donors (Lipinski definition) is 2. The summed E-state index contributed by atoms with van der Waals surface area (Å²) in [7, 11) is 0. The Balaban J connectivity index is 2.11. The van der Waals surface area contributed by atoms with E-state index in [4.69, 9.17) is 5.73 Å². The van der Waals surface area contributed by atoms with Crippen LogP contribution < -0.4 is 11.1 Å². The number of aromatic nitrogens is 1. The van der Waals surface area contributed by atoms with Crippen molar-refractivity contribution < 1.29 is 9.18 Å². The van der Waals surface area contributed by atoms with Gasteiger partial charge in [-0.05, 0) is 31.2 Å². The molecule has 21 heavy (non-hydrogen) atoms. The van der Waals surface area contributed by atoms with Crippen molar-refractivity contribution in [2.75, 3.05) is 11.1 Å². The third-order valence-corrected chi connectivity index (χ3v) is 3.92. The zero-order valence-corrected chi connectivity index (χ0v) is 12.4. The Bertz CT molecular complexity index is 619. The number of nitrogens with two attached hydrogens (primary N) is 1. The molecule has 0 aliphatic heterocycles. The van der Waals surface area contributed by atoms with Crippen molar-refractivity contribution in [2.24, 2.45) is 5.73 Å². The van der Waals surface area contributed by atoms with E-state index in [-0.39, 0.29) is 23.5 Å². The Labute approximate surface area is 127 Å². The van der Waals surface area contributed by atoms with Crippen molar-refractivity contribution in [3.05, 3.63) is 54.1 Å². The highest BCUT2D eigenvalue weighted by molar-refractivity contribution is 8.00. The van der Waals surface area contributed by atoms with Gasteiger partial charge in [-0.15, -0.1) is 11.8 Å². The second-order valence-electron chi connectivity index (χ2n) is 4.52. The molecule has 2 rings (SSSR count). The number of pyridine rings is 1. The zero-order valence-electron chi connectivity index (χ0n) is 11.5. The van der Waals surface area contributed by atoms with E-state index < -0.39 is 0 Å². The number of thioether (sulfide) groups is 1. The molecule has 1 aromatic heterocycles. The van der Waals surface area contributed by atoms with Crippen LogP contribution in [0, 0.1) is 5.82 Å². The molecular weight excluding hydrogens is 289 g/mol. The fraction of sp³-hybridized carbons (Fsp3) is 0.200. The van der Waals surface area contributed by atoms with E-state index in [2.05, 4.69) is 10.3 Å². The summed E-state index contributed by atoms with van der Waals surface area (Å²) < 4.78 is 12.9. The first-order valence-corrected chi connectivity index (χ1v) is 7.43. The van der Waals surface area contributed by atoms with Gasteiger partial charge in [0, 0.05) is 10.6 Å². The summed E-state index contributed by atoms with van der Waals surface area (Å²) in [4.78, 5) is 15.9. The van der Waals surface area contributed by atoms with Crippen LogP contribution in [0.25, 0.3) is 0 Å². The van der Waals surface area contributed by atoms with Gasteiger partial charge in [-0.3, -0.25) is 9.78 Å². The number of carbonyl (C=O) groups is 1. The number of nitrogens with one attached hydrogen (secondary N) is 1. The number of carbonyl (C=O) groups excluding carboxylic acids is 1. The molecule has 3 N–H and O–H groups in total. The summed E-state index contributed by atoms with van der Waals surface area (Å²) in [6.45, 7) is 1.94. The molecule has 0 saturated carbocycles. The van der Waals surface area contributed by atoms with Crippen molar-refractivity contribution in [1.29, 1.82) is 0 Å². The first-order chi connectivity index (χ1) is 10.1. The van der Waals surface area contributed by atoms with Gasteiger partial charge in [0.25, 0.3) is 0 Å². The van der Waals surface area contributed by atoms with Crippen LogP contribution in [-0.4, -0.2) is 16.6 Å². The molecule has 1 heterocycles. The molecule has 4 nitrogen and oxygen atoms in total. The van der Waals surface area contributed by atoms with Crippen LogP contribution in [0.4, 0.5) is 10.1 Å². The predicted molar refractivity (Wildman–Crippen MR) is 82.6 cm³/mol. The van der Waals surface area contributed by atoms with Gasteiger partial charge in [0.2, 0.25) is 5.91 Å². The second-order valence-corrected chi connectivity index (χ2v) is 5.54. The van der Waals surface area contributed by atoms with Gasteiger partial charge in [-0.1, -0.05) is 12.1 Å². The SMILES string of the molecule is CC(Nc1ccccc1SCC(N)=O)c1ccc(F)cn1. The standard InChI is InChI=1S/C15H16FN3OS/c1-10(12-7-6-11(16)8-18-12)19-13-4-2-3-5-14(13)21-9-15(17)20/h2-8,10,19H,9H2,1H3,(H2,17,20). The van der Waals surface area contributed by atoms with Crippen LogP contribution in [0.3, 0.4) is 0 Å². The van der Waals surface area contributed by atoms with Gasteiger partial charge in [0.15, 0.2) is 0 Å². The number of halogens is 1. The average Bonchev–Trinajstić information content (AvgIpc) is 2.47. The Morgan fingerprint density at radius 2 is 2.14 bits per heavy atom. The lowest BCUT2D eigenvalue weighted by atomic mass is 10.2. The van der Waals surface area contributed by atoms with Crippen LogP contribution in [0.15, 0.2) is 47.5 Å². The maximum Gasteiger partial charge on any atom is 0.227 e. The number of amides is 1. The third-order valence-electron chi connectivity index (χ3n) is 2.82. The molecule has 0 aliphatic carbocycles. The molecule has 0 saturated heterocycles. The molecular formula is C15H16FN3OS. The summed E-state index contributed by atoms with van der Waals surface area (Å²) in [6, 6.07) is 10.6. The number of rotatable bonds is 6. The number of hydrogen-bond acceptors (Lipinski definition) is 4. The molecule has 0 fully saturated rings. The highest BCUT2D eigenvalue weighted by Crippen LogP contribution is 2.29. The van der Waals surface area contributed by atoms with E-state index >= 15 is 0 Å². The van der Waals surface area contributed by atoms with Crippen molar-refractivity contribution in [3.63, 3.8) is 0 Å². The first kappa shape index (κ1) is 15.3. The van der Waals surface area contributed by atoms with Crippen LogP contribution in [-0.2, 0) is 4.79 Å². The number of para-hydroxylation sites is 1. The molecule has 1 aromatic carbocycles. The normalized spacial score (nSPS) is 11.9. The number of benzene rings is 1. The summed E-state index contributed by atoms with van der Waals surface area (Å²) in [5.41, 5.74) is 6.80. The van der Waals surface area contributed by atoms with Gasteiger partial charge in [-0.2, -0.15) is 0 Å². The smallest absolute Gasteiger partial charge is 0.227 e. The summed E-state index contributed by atoms with van der Waals surface area (Å²) in [5, 5.41) is 3.31. The minimum Gasteiger partial charge on any atom is -0.376 e. The maximum atomic E-state index is 12.9. The molecule has 1 atom stereocenters. The van der Waals surface area contributed by atoms with Gasteiger partial charge < -0.3 is 11.1 Å². The van der Waals surface area contributed by atoms with Gasteiger partial charge in [-0.25, -0.2) is 4.39 Å². The Morgan fingerprint density at radius 1 is 1.38 bits per heavy atom. The highest BCUT2D eigenvalue weighted by Gasteiger charge is 2.10. The van der Waals surface area contributed by atoms with Crippen LogP contribution in [0.5, 0.6) is 0 Å². The minimum atomic E-state index is -0.358. The van der Waals surface area contributed by atoms with E-state index in [1.807, 2.05) is 31.2 Å². The molecule has 1 unspecified atom stereocenters. The van der Waals surface area contributed by atoms with Crippen molar-refractivity contribution >= 4 is 23.4 Å². The van der Waals surface area contributed by atoms with E-state index in [1.165, 1.54) is 24.0 Å². The fourth-order valence-electron chi connectivity index (χ4n) is 1.81. The third kappa shape index (κ3) is 4.46. The molecule has 0 radical (unpaired) electrons. The average molecular weight is 305 g/mol. The monoisotopic (exact) mass is 305 g/mol. The van der Waals surface area contributed by atoms with E-state index in [0.29, 0.717) is 0 Å². The Hall–Kier alpha value is -2.08. The van der Waals surface area contributed by atoms with Crippen molar-refractivity contribution in [3.8, 4) is 0 Å². The van der Waals surface area contributed by atoms with E-state index in [1.54, 1.807) is 6.07 Å². The second kappa shape index (κ2) is 7.08. The predicted octanol–water partition coefficient (Wildman–Crippen LogP) is 2.97. The van der Waals surface area contributed by atoms with Gasteiger partial charge in [0.05, 0.1) is 23.7 Å².